The number of ether oxygens (including phenoxy) is 3. The lowest BCUT2D eigenvalue weighted by Crippen LogP contribution is -2.27. The Hall–Kier alpha value is -2.45. The number of rotatable bonds is 4. The second-order valence-electron chi connectivity index (χ2n) is 6.60. The van der Waals surface area contributed by atoms with Crippen molar-refractivity contribution in [1.82, 2.24) is 0 Å². The smallest absolute Gasteiger partial charge is 0.338 e. The summed E-state index contributed by atoms with van der Waals surface area (Å²) in [5.41, 5.74) is 2.31. The van der Waals surface area contributed by atoms with Gasteiger partial charge in [0.25, 0.3) is 0 Å². The van der Waals surface area contributed by atoms with Crippen molar-refractivity contribution >= 4 is 17.9 Å². The molecule has 0 saturated carbocycles. The molecule has 3 atom stereocenters. The molecular formula is C19H24O8. The van der Waals surface area contributed by atoms with E-state index in [1.165, 1.54) is 13.8 Å². The largest absolute Gasteiger partial charge is 0.461 e. The van der Waals surface area contributed by atoms with Crippen LogP contribution in [0.5, 0.6) is 0 Å². The second-order valence-corrected chi connectivity index (χ2v) is 6.60. The Bertz CT molecular complexity index is 715. The molecule has 2 aliphatic rings. The van der Waals surface area contributed by atoms with Crippen molar-refractivity contribution in [2.45, 2.75) is 58.8 Å². The van der Waals surface area contributed by atoms with E-state index >= 15 is 0 Å². The van der Waals surface area contributed by atoms with E-state index in [1.54, 1.807) is 26.0 Å². The fraction of sp³-hybridized carbons (Fsp3) is 0.526. The molecule has 0 radical (unpaired) electrons. The van der Waals surface area contributed by atoms with Gasteiger partial charge in [0, 0.05) is 20.3 Å². The average molecular weight is 380 g/mol. The minimum atomic E-state index is -0.676. The normalized spacial score (nSPS) is 25.8. The van der Waals surface area contributed by atoms with Crippen LogP contribution in [0.25, 0.3) is 0 Å². The number of esters is 3. The van der Waals surface area contributed by atoms with Gasteiger partial charge in [-0.25, -0.2) is 9.68 Å². The first kappa shape index (κ1) is 20.9. The number of allylic oxidation sites excluding steroid dienone is 1. The number of carbonyl (C=O) groups is 3. The zero-order valence-electron chi connectivity index (χ0n) is 15.8. The Morgan fingerprint density at radius 3 is 2.48 bits per heavy atom. The number of hydrogen-bond donors (Lipinski definition) is 1. The Morgan fingerprint density at radius 2 is 1.89 bits per heavy atom. The molecule has 0 fully saturated rings. The highest BCUT2D eigenvalue weighted by Crippen LogP contribution is 2.31. The molecular weight excluding hydrogens is 356 g/mol. The third-order valence-corrected chi connectivity index (χ3v) is 4.57. The van der Waals surface area contributed by atoms with Gasteiger partial charge in [0.1, 0.15) is 24.9 Å². The van der Waals surface area contributed by atoms with Crippen LogP contribution in [0.2, 0.25) is 0 Å². The van der Waals surface area contributed by atoms with Gasteiger partial charge in [-0.05, 0) is 43.1 Å². The maximum atomic E-state index is 12.2. The van der Waals surface area contributed by atoms with Crippen LogP contribution in [0, 0.1) is 0 Å². The van der Waals surface area contributed by atoms with Crippen molar-refractivity contribution in [3.05, 3.63) is 34.4 Å². The fourth-order valence-electron chi connectivity index (χ4n) is 3.04. The van der Waals surface area contributed by atoms with Gasteiger partial charge in [-0.3, -0.25) is 14.8 Å². The molecule has 1 aliphatic heterocycles. The third kappa shape index (κ3) is 5.27. The van der Waals surface area contributed by atoms with Crippen molar-refractivity contribution < 1.29 is 38.7 Å². The summed E-state index contributed by atoms with van der Waals surface area (Å²) in [7, 11) is 0. The Kier molecular flexibility index (Phi) is 6.92. The molecule has 1 heterocycles. The maximum absolute atomic E-state index is 12.2. The van der Waals surface area contributed by atoms with E-state index in [-0.39, 0.29) is 18.6 Å². The van der Waals surface area contributed by atoms with E-state index in [0.717, 1.165) is 0 Å². The van der Waals surface area contributed by atoms with E-state index in [9.17, 15) is 19.6 Å². The molecule has 0 amide bonds. The third-order valence-electron chi connectivity index (χ3n) is 4.57. The van der Waals surface area contributed by atoms with E-state index in [4.69, 9.17) is 14.2 Å². The zero-order valence-corrected chi connectivity index (χ0v) is 15.8. The van der Waals surface area contributed by atoms with Crippen LogP contribution in [-0.2, 0) is 33.5 Å². The van der Waals surface area contributed by atoms with E-state index in [2.05, 4.69) is 4.89 Å². The summed E-state index contributed by atoms with van der Waals surface area (Å²) in [6.45, 7) is 5.90. The molecule has 8 nitrogen and oxygen atoms in total. The fourth-order valence-corrected chi connectivity index (χ4v) is 3.04. The number of hydrogen-bond acceptors (Lipinski definition) is 8. The van der Waals surface area contributed by atoms with Gasteiger partial charge in [-0.1, -0.05) is 6.08 Å². The predicted octanol–water partition coefficient (Wildman–Crippen LogP) is 2.25. The maximum Gasteiger partial charge on any atom is 0.338 e. The summed E-state index contributed by atoms with van der Waals surface area (Å²) in [6.07, 6.45) is 2.12. The van der Waals surface area contributed by atoms with Crippen molar-refractivity contribution in [3.63, 3.8) is 0 Å². The Morgan fingerprint density at radius 1 is 1.19 bits per heavy atom. The summed E-state index contributed by atoms with van der Waals surface area (Å²) in [5.74, 6) is -1.52. The number of fused-ring (bicyclic) bond motifs is 1. The molecule has 0 aromatic rings. The van der Waals surface area contributed by atoms with Crippen molar-refractivity contribution in [2.75, 3.05) is 6.61 Å². The van der Waals surface area contributed by atoms with Gasteiger partial charge in [-0.2, -0.15) is 0 Å². The van der Waals surface area contributed by atoms with Crippen molar-refractivity contribution in [2.24, 2.45) is 0 Å². The van der Waals surface area contributed by atoms with Crippen LogP contribution in [0.3, 0.4) is 0 Å². The molecule has 0 saturated heterocycles. The number of carbonyl (C=O) groups excluding carboxylic acids is 3. The van der Waals surface area contributed by atoms with Crippen LogP contribution in [0.15, 0.2) is 34.4 Å². The molecule has 27 heavy (non-hydrogen) atoms. The summed E-state index contributed by atoms with van der Waals surface area (Å²) in [4.78, 5) is 39.4. The molecule has 1 aliphatic carbocycles. The predicted molar refractivity (Wildman–Crippen MR) is 93.3 cm³/mol. The van der Waals surface area contributed by atoms with Crippen LogP contribution < -0.4 is 0 Å². The van der Waals surface area contributed by atoms with Crippen LogP contribution >= 0.6 is 0 Å². The van der Waals surface area contributed by atoms with E-state index in [1.807, 2.05) is 0 Å². The molecule has 148 valence electrons. The highest BCUT2D eigenvalue weighted by molar-refractivity contribution is 5.93. The lowest BCUT2D eigenvalue weighted by molar-refractivity contribution is -0.272. The molecule has 2 rings (SSSR count). The Labute approximate surface area is 157 Å². The lowest BCUT2D eigenvalue weighted by Gasteiger charge is -2.25. The first-order valence-corrected chi connectivity index (χ1v) is 8.61. The standard InChI is InChI=1S/C19H24O8/c1-10-5-6-14-15(9-24-12(3)20)19(22)26-18(14)7-11(2)16(25-13(4)21)8-17(10)27-23/h5,7,16-18,23H,6,8-9H2,1-4H3. The van der Waals surface area contributed by atoms with Gasteiger partial charge >= 0.3 is 17.9 Å². The molecule has 0 spiro atoms. The van der Waals surface area contributed by atoms with Gasteiger partial charge < -0.3 is 14.2 Å². The average Bonchev–Trinajstić information content (AvgIpc) is 2.87. The van der Waals surface area contributed by atoms with Gasteiger partial charge in [0.15, 0.2) is 0 Å². The molecule has 0 bridgehead atoms. The highest BCUT2D eigenvalue weighted by atomic mass is 17.1. The topological polar surface area (TPSA) is 108 Å². The molecule has 3 unspecified atom stereocenters. The minimum Gasteiger partial charge on any atom is -0.461 e. The minimum absolute atomic E-state index is 0.174. The van der Waals surface area contributed by atoms with Gasteiger partial charge in [-0.15, -0.1) is 0 Å². The summed E-state index contributed by atoms with van der Waals surface area (Å²) in [5, 5.41) is 9.26. The highest BCUT2D eigenvalue weighted by Gasteiger charge is 2.34. The first-order chi connectivity index (χ1) is 12.7. The van der Waals surface area contributed by atoms with Crippen LogP contribution in [0.4, 0.5) is 0 Å². The second kappa shape index (κ2) is 8.96. The van der Waals surface area contributed by atoms with Crippen LogP contribution in [0.1, 0.15) is 40.5 Å². The van der Waals surface area contributed by atoms with Crippen molar-refractivity contribution in [1.29, 1.82) is 0 Å². The molecule has 1 N–H and O–H groups in total. The Balaban J connectivity index is 2.45. The molecule has 0 aromatic carbocycles. The van der Waals surface area contributed by atoms with E-state index < -0.39 is 36.2 Å². The van der Waals surface area contributed by atoms with E-state index in [0.29, 0.717) is 23.1 Å². The summed E-state index contributed by atoms with van der Waals surface area (Å²) < 4.78 is 15.7. The van der Waals surface area contributed by atoms with Crippen molar-refractivity contribution in [3.8, 4) is 0 Å². The summed E-state index contributed by atoms with van der Waals surface area (Å²) >= 11 is 0. The quantitative estimate of drug-likeness (QED) is 0.260. The van der Waals surface area contributed by atoms with Gasteiger partial charge in [0.05, 0.1) is 5.57 Å². The first-order valence-electron chi connectivity index (χ1n) is 8.61. The van der Waals surface area contributed by atoms with Gasteiger partial charge in [0.2, 0.25) is 0 Å². The monoisotopic (exact) mass is 380 g/mol. The zero-order chi connectivity index (χ0) is 20.1. The SMILES string of the molecule is CC(=O)OCC1=C2CC=C(C)C(OO)CC(OC(C)=O)C(C)=CC2OC1=O. The lowest BCUT2D eigenvalue weighted by atomic mass is 9.92. The summed E-state index contributed by atoms with van der Waals surface area (Å²) in [6, 6.07) is 0. The molecule has 8 heteroatoms. The van der Waals surface area contributed by atoms with Crippen LogP contribution in [-0.4, -0.2) is 48.1 Å². The molecule has 0 aromatic heterocycles.